The number of likely N-dealkylation sites (tertiary alicyclic amines) is 1. The fourth-order valence-electron chi connectivity index (χ4n) is 2.79. The first-order chi connectivity index (χ1) is 9.51. The van der Waals surface area contributed by atoms with Gasteiger partial charge in [-0.15, -0.1) is 12.4 Å². The molecule has 7 nitrogen and oxygen atoms in total. The molecule has 1 aliphatic rings. The van der Waals surface area contributed by atoms with Gasteiger partial charge in [0.2, 0.25) is 11.9 Å². The number of nitrogens with zero attached hydrogens (tertiary/aromatic N) is 5. The van der Waals surface area contributed by atoms with Crippen molar-refractivity contribution in [3.63, 3.8) is 0 Å². The standard InChI is InChI=1S/C13H25N7.ClH/c1-9-5-4-6-20(10(9)7-14)8-11-16-12(15)18-13(17-11)19(2)3;/h9-10H,4-8,14H2,1-3H3,(H2,15,16,17,18);1H. The number of aromatic nitrogens is 3. The zero-order valence-corrected chi connectivity index (χ0v) is 13.8. The van der Waals surface area contributed by atoms with Gasteiger partial charge in [-0.25, -0.2) is 0 Å². The number of hydrogen-bond acceptors (Lipinski definition) is 7. The highest BCUT2D eigenvalue weighted by Gasteiger charge is 2.28. The molecule has 2 unspecified atom stereocenters. The van der Waals surface area contributed by atoms with Crippen LogP contribution in [-0.2, 0) is 6.54 Å². The highest BCUT2D eigenvalue weighted by Crippen LogP contribution is 2.23. The van der Waals surface area contributed by atoms with E-state index in [2.05, 4.69) is 26.8 Å². The summed E-state index contributed by atoms with van der Waals surface area (Å²) in [6.07, 6.45) is 2.43. The van der Waals surface area contributed by atoms with Gasteiger partial charge in [-0.05, 0) is 25.3 Å². The number of halogens is 1. The molecule has 1 saturated heterocycles. The Morgan fingerprint density at radius 3 is 2.62 bits per heavy atom. The zero-order chi connectivity index (χ0) is 14.7. The largest absolute Gasteiger partial charge is 0.368 e. The van der Waals surface area contributed by atoms with Gasteiger partial charge in [0.15, 0.2) is 0 Å². The van der Waals surface area contributed by atoms with Crippen molar-refractivity contribution in [1.29, 1.82) is 0 Å². The maximum absolute atomic E-state index is 5.92. The van der Waals surface area contributed by atoms with E-state index in [1.165, 1.54) is 12.8 Å². The lowest BCUT2D eigenvalue weighted by Crippen LogP contribution is -2.48. The minimum Gasteiger partial charge on any atom is -0.368 e. The van der Waals surface area contributed by atoms with Gasteiger partial charge in [-0.2, -0.15) is 15.0 Å². The van der Waals surface area contributed by atoms with E-state index >= 15 is 0 Å². The second-order valence-electron chi connectivity index (χ2n) is 5.70. The normalized spacial score (nSPS) is 22.7. The summed E-state index contributed by atoms with van der Waals surface area (Å²) in [5, 5.41) is 0. The highest BCUT2D eigenvalue weighted by atomic mass is 35.5. The average molecular weight is 316 g/mol. The molecule has 1 aliphatic heterocycles. The molecule has 1 fully saturated rings. The summed E-state index contributed by atoms with van der Waals surface area (Å²) in [5.74, 6) is 2.20. The molecule has 0 aliphatic carbocycles. The average Bonchev–Trinajstić information content (AvgIpc) is 2.38. The maximum atomic E-state index is 5.92. The lowest BCUT2D eigenvalue weighted by atomic mass is 9.91. The number of nitrogens with two attached hydrogens (primary N) is 2. The summed E-state index contributed by atoms with van der Waals surface area (Å²) in [6.45, 7) is 4.65. The lowest BCUT2D eigenvalue weighted by molar-refractivity contribution is 0.0963. The maximum Gasteiger partial charge on any atom is 0.229 e. The van der Waals surface area contributed by atoms with Gasteiger partial charge in [0.25, 0.3) is 0 Å². The second-order valence-corrected chi connectivity index (χ2v) is 5.70. The van der Waals surface area contributed by atoms with Crippen molar-refractivity contribution in [2.24, 2.45) is 11.7 Å². The van der Waals surface area contributed by atoms with Crippen LogP contribution in [0.25, 0.3) is 0 Å². The summed E-state index contributed by atoms with van der Waals surface area (Å²) < 4.78 is 0. The van der Waals surface area contributed by atoms with E-state index in [-0.39, 0.29) is 18.4 Å². The predicted molar refractivity (Wildman–Crippen MR) is 87.5 cm³/mol. The molecule has 21 heavy (non-hydrogen) atoms. The Morgan fingerprint density at radius 2 is 2.00 bits per heavy atom. The summed E-state index contributed by atoms with van der Waals surface area (Å²) in [7, 11) is 3.79. The van der Waals surface area contributed by atoms with E-state index in [0.717, 1.165) is 6.54 Å². The number of rotatable bonds is 4. The first-order valence-corrected chi connectivity index (χ1v) is 7.13. The molecule has 0 bridgehead atoms. The first kappa shape index (κ1) is 17.9. The third-order valence-electron chi connectivity index (χ3n) is 3.90. The fourth-order valence-corrected chi connectivity index (χ4v) is 2.79. The molecular weight excluding hydrogens is 290 g/mol. The fraction of sp³-hybridized carbons (Fsp3) is 0.769. The molecule has 2 heterocycles. The first-order valence-electron chi connectivity index (χ1n) is 7.13. The van der Waals surface area contributed by atoms with Gasteiger partial charge < -0.3 is 16.4 Å². The Hall–Kier alpha value is -1.18. The SMILES string of the molecule is CC1CCCN(Cc2nc(N)nc(N(C)C)n2)C1CN.Cl. The lowest BCUT2D eigenvalue weighted by Gasteiger charge is -2.39. The van der Waals surface area contributed by atoms with E-state index in [4.69, 9.17) is 11.5 Å². The molecule has 8 heteroatoms. The predicted octanol–water partition coefficient (Wildman–Crippen LogP) is 0.501. The van der Waals surface area contributed by atoms with Crippen LogP contribution in [0.5, 0.6) is 0 Å². The number of piperidine rings is 1. The van der Waals surface area contributed by atoms with Crippen molar-refractivity contribution in [2.75, 3.05) is 37.8 Å². The quantitative estimate of drug-likeness (QED) is 0.835. The van der Waals surface area contributed by atoms with E-state index in [1.807, 2.05) is 19.0 Å². The second kappa shape index (κ2) is 7.72. The van der Waals surface area contributed by atoms with Crippen LogP contribution in [0.2, 0.25) is 0 Å². The van der Waals surface area contributed by atoms with E-state index in [9.17, 15) is 0 Å². The van der Waals surface area contributed by atoms with Gasteiger partial charge >= 0.3 is 0 Å². The molecule has 0 saturated carbocycles. The van der Waals surface area contributed by atoms with Gasteiger partial charge in [-0.1, -0.05) is 6.92 Å². The summed E-state index contributed by atoms with van der Waals surface area (Å²) in [4.78, 5) is 17.0. The van der Waals surface area contributed by atoms with Gasteiger partial charge in [0, 0.05) is 26.7 Å². The Balaban J connectivity index is 0.00000220. The summed E-state index contributed by atoms with van der Waals surface area (Å²) >= 11 is 0. The molecule has 0 spiro atoms. The Kier molecular flexibility index (Phi) is 6.57. The van der Waals surface area contributed by atoms with Crippen molar-refractivity contribution in [1.82, 2.24) is 19.9 Å². The molecule has 2 rings (SSSR count). The van der Waals surface area contributed by atoms with Crippen molar-refractivity contribution >= 4 is 24.3 Å². The van der Waals surface area contributed by atoms with Crippen LogP contribution in [0.4, 0.5) is 11.9 Å². The topological polar surface area (TPSA) is 97.2 Å². The van der Waals surface area contributed by atoms with Crippen molar-refractivity contribution in [3.8, 4) is 0 Å². The van der Waals surface area contributed by atoms with Crippen LogP contribution in [0.3, 0.4) is 0 Å². The van der Waals surface area contributed by atoms with Gasteiger partial charge in [-0.3, -0.25) is 4.90 Å². The van der Waals surface area contributed by atoms with Crippen LogP contribution in [0.15, 0.2) is 0 Å². The minimum absolute atomic E-state index is 0. The van der Waals surface area contributed by atoms with Crippen LogP contribution in [0, 0.1) is 5.92 Å². The van der Waals surface area contributed by atoms with Crippen LogP contribution in [0.1, 0.15) is 25.6 Å². The summed E-state index contributed by atoms with van der Waals surface area (Å²) in [5.41, 5.74) is 11.7. The number of anilines is 2. The third kappa shape index (κ3) is 4.39. The Morgan fingerprint density at radius 1 is 1.29 bits per heavy atom. The molecule has 4 N–H and O–H groups in total. The van der Waals surface area contributed by atoms with E-state index in [1.54, 1.807) is 0 Å². The monoisotopic (exact) mass is 315 g/mol. The molecule has 120 valence electrons. The van der Waals surface area contributed by atoms with E-state index < -0.39 is 0 Å². The number of nitrogen functional groups attached to an aromatic ring is 1. The van der Waals surface area contributed by atoms with Crippen molar-refractivity contribution in [2.45, 2.75) is 32.4 Å². The molecule has 0 radical (unpaired) electrons. The number of hydrogen-bond donors (Lipinski definition) is 2. The molecule has 1 aromatic heterocycles. The molecular formula is C13H26ClN7. The van der Waals surface area contributed by atoms with Gasteiger partial charge in [0.05, 0.1) is 6.54 Å². The smallest absolute Gasteiger partial charge is 0.229 e. The summed E-state index contributed by atoms with van der Waals surface area (Å²) in [6, 6.07) is 0.393. The zero-order valence-electron chi connectivity index (χ0n) is 13.0. The molecule has 0 aromatic carbocycles. The van der Waals surface area contributed by atoms with Crippen LogP contribution >= 0.6 is 12.4 Å². The molecule has 1 aromatic rings. The van der Waals surface area contributed by atoms with Crippen molar-refractivity contribution in [3.05, 3.63) is 5.82 Å². The molecule has 2 atom stereocenters. The van der Waals surface area contributed by atoms with Crippen LogP contribution in [-0.4, -0.2) is 53.1 Å². The van der Waals surface area contributed by atoms with Crippen LogP contribution < -0.4 is 16.4 Å². The van der Waals surface area contributed by atoms with Crippen molar-refractivity contribution < 1.29 is 0 Å². The van der Waals surface area contributed by atoms with E-state index in [0.29, 0.717) is 36.8 Å². The minimum atomic E-state index is 0. The van der Waals surface area contributed by atoms with Gasteiger partial charge in [0.1, 0.15) is 5.82 Å². The Labute approximate surface area is 132 Å². The third-order valence-corrected chi connectivity index (χ3v) is 3.90. The highest BCUT2D eigenvalue weighted by molar-refractivity contribution is 5.85. The Bertz CT molecular complexity index is 454. The molecule has 0 amide bonds.